The first-order valence-corrected chi connectivity index (χ1v) is 9.48. The van der Waals surface area contributed by atoms with Crippen LogP contribution in [0.1, 0.15) is 41.5 Å². The second-order valence-corrected chi connectivity index (χ2v) is 7.29. The molecule has 0 fully saturated rings. The Bertz CT molecular complexity index is 865. The normalized spacial score (nSPS) is 11.9. The van der Waals surface area contributed by atoms with Gasteiger partial charge in [0.2, 0.25) is 5.91 Å². The number of hydrogen-bond acceptors (Lipinski definition) is 6. The van der Waals surface area contributed by atoms with E-state index in [0.29, 0.717) is 5.69 Å². The number of carbonyl (C=O) groups excluding carboxylic acids is 2. The van der Waals surface area contributed by atoms with Crippen LogP contribution in [0.5, 0.6) is 0 Å². The first kappa shape index (κ1) is 20.7. The van der Waals surface area contributed by atoms with Crippen molar-refractivity contribution in [3.05, 3.63) is 57.6 Å². The van der Waals surface area contributed by atoms with Gasteiger partial charge in [-0.05, 0) is 18.4 Å². The van der Waals surface area contributed by atoms with E-state index < -0.39 is 11.7 Å². The van der Waals surface area contributed by atoms with E-state index in [1.54, 1.807) is 6.92 Å². The number of amides is 1. The molecule has 2 aromatic rings. The van der Waals surface area contributed by atoms with E-state index in [1.807, 2.05) is 44.2 Å². The maximum Gasteiger partial charge on any atom is 0.346 e. The van der Waals surface area contributed by atoms with Crippen molar-refractivity contribution in [3.63, 3.8) is 0 Å². The molecule has 2 rings (SSSR count). The third-order valence-electron chi connectivity index (χ3n) is 3.96. The van der Waals surface area contributed by atoms with Crippen LogP contribution in [-0.4, -0.2) is 34.7 Å². The van der Waals surface area contributed by atoms with Crippen molar-refractivity contribution in [2.24, 2.45) is 5.92 Å². The number of aromatic nitrogens is 2. The predicted molar refractivity (Wildman–Crippen MR) is 104 cm³/mol. The summed E-state index contributed by atoms with van der Waals surface area (Å²) in [5.74, 6) is -0.593. The van der Waals surface area contributed by atoms with Crippen LogP contribution in [0.15, 0.2) is 40.2 Å². The van der Waals surface area contributed by atoms with Crippen molar-refractivity contribution in [3.8, 4) is 0 Å². The molecule has 1 amide bonds. The van der Waals surface area contributed by atoms with Gasteiger partial charge in [-0.25, -0.2) is 9.59 Å². The average molecular weight is 389 g/mol. The Labute approximate surface area is 161 Å². The summed E-state index contributed by atoms with van der Waals surface area (Å²) in [4.78, 5) is 42.4. The first-order valence-electron chi connectivity index (χ1n) is 8.49. The van der Waals surface area contributed by atoms with E-state index in [1.165, 1.54) is 7.11 Å². The van der Waals surface area contributed by atoms with Crippen LogP contribution in [0, 0.1) is 12.8 Å². The zero-order valence-corrected chi connectivity index (χ0v) is 16.6. The number of carbonyl (C=O) groups is 2. The molecule has 0 spiro atoms. The molecule has 0 bridgehead atoms. The monoisotopic (exact) mass is 389 g/mol. The predicted octanol–water partition coefficient (Wildman–Crippen LogP) is 2.47. The van der Waals surface area contributed by atoms with E-state index in [9.17, 15) is 14.4 Å². The number of nitrogens with one attached hydrogen (secondary N) is 2. The van der Waals surface area contributed by atoms with Gasteiger partial charge in [-0.15, -0.1) is 0 Å². The van der Waals surface area contributed by atoms with Gasteiger partial charge in [0.05, 0.1) is 18.9 Å². The summed E-state index contributed by atoms with van der Waals surface area (Å²) in [6.45, 7) is 5.65. The van der Waals surface area contributed by atoms with Gasteiger partial charge in [0.25, 0.3) is 0 Å². The maximum atomic E-state index is 12.5. The SMILES string of the molecule is COC(=O)c1c(SCC(=O)N[C@H](c2ccccc2)C(C)C)nc(=O)[nH]c1C. The minimum atomic E-state index is -0.608. The van der Waals surface area contributed by atoms with Gasteiger partial charge in [-0.2, -0.15) is 4.98 Å². The van der Waals surface area contributed by atoms with Crippen molar-refractivity contribution >= 4 is 23.6 Å². The van der Waals surface area contributed by atoms with Gasteiger partial charge >= 0.3 is 11.7 Å². The van der Waals surface area contributed by atoms with Crippen molar-refractivity contribution in [2.45, 2.75) is 31.8 Å². The van der Waals surface area contributed by atoms with Crippen LogP contribution in [0.4, 0.5) is 0 Å². The smallest absolute Gasteiger partial charge is 0.346 e. The van der Waals surface area contributed by atoms with E-state index in [0.717, 1.165) is 17.3 Å². The van der Waals surface area contributed by atoms with Crippen LogP contribution in [0.25, 0.3) is 0 Å². The molecule has 144 valence electrons. The van der Waals surface area contributed by atoms with Crippen LogP contribution in [0.2, 0.25) is 0 Å². The standard InChI is InChI=1S/C19H23N3O4S/c1-11(2)16(13-8-6-5-7-9-13)21-14(23)10-27-17-15(18(24)26-4)12(3)20-19(25)22-17/h5-9,11,16H,10H2,1-4H3,(H,21,23)(H,20,22,25)/t16-/m0/s1. The molecule has 0 aliphatic heterocycles. The molecule has 0 aliphatic carbocycles. The largest absolute Gasteiger partial charge is 0.465 e. The lowest BCUT2D eigenvalue weighted by Gasteiger charge is -2.23. The number of aromatic amines is 1. The van der Waals surface area contributed by atoms with Gasteiger partial charge in [0.15, 0.2) is 0 Å². The lowest BCUT2D eigenvalue weighted by atomic mass is 9.96. The zero-order valence-electron chi connectivity index (χ0n) is 15.7. The summed E-state index contributed by atoms with van der Waals surface area (Å²) < 4.78 is 4.74. The molecule has 2 N–H and O–H groups in total. The molecule has 1 aromatic carbocycles. The van der Waals surface area contributed by atoms with Crippen molar-refractivity contribution in [1.82, 2.24) is 15.3 Å². The number of rotatable bonds is 7. The Hall–Kier alpha value is -2.61. The number of H-pyrrole nitrogens is 1. The van der Waals surface area contributed by atoms with Gasteiger partial charge in [0.1, 0.15) is 10.6 Å². The fraction of sp³-hybridized carbons (Fsp3) is 0.368. The Kier molecular flexibility index (Phi) is 7.18. The van der Waals surface area contributed by atoms with E-state index >= 15 is 0 Å². The summed E-state index contributed by atoms with van der Waals surface area (Å²) in [6, 6.07) is 9.58. The first-order chi connectivity index (χ1) is 12.8. The van der Waals surface area contributed by atoms with E-state index in [2.05, 4.69) is 15.3 Å². The number of methoxy groups -OCH3 is 1. The third-order valence-corrected chi connectivity index (χ3v) is 4.93. The summed E-state index contributed by atoms with van der Waals surface area (Å²) in [5.41, 5.74) is 0.964. The number of benzene rings is 1. The molecule has 1 atom stereocenters. The highest BCUT2D eigenvalue weighted by Gasteiger charge is 2.21. The van der Waals surface area contributed by atoms with Gasteiger partial charge in [-0.1, -0.05) is 55.9 Å². The highest BCUT2D eigenvalue weighted by molar-refractivity contribution is 8.00. The molecule has 0 saturated heterocycles. The fourth-order valence-corrected chi connectivity index (χ4v) is 3.53. The lowest BCUT2D eigenvalue weighted by Crippen LogP contribution is -2.33. The number of thioether (sulfide) groups is 1. The van der Waals surface area contributed by atoms with Gasteiger partial charge in [-0.3, -0.25) is 4.79 Å². The fourth-order valence-electron chi connectivity index (χ4n) is 2.65. The minimum absolute atomic E-state index is 0.0238. The quantitative estimate of drug-likeness (QED) is 0.429. The van der Waals surface area contributed by atoms with E-state index in [-0.39, 0.29) is 34.2 Å². The molecule has 0 unspecified atom stereocenters. The molecule has 8 heteroatoms. The number of nitrogens with zero attached hydrogens (tertiary/aromatic N) is 1. The summed E-state index contributed by atoms with van der Waals surface area (Å²) in [7, 11) is 1.25. The molecule has 27 heavy (non-hydrogen) atoms. The molecule has 7 nitrogen and oxygen atoms in total. The van der Waals surface area contributed by atoms with Gasteiger partial charge < -0.3 is 15.0 Å². The Morgan fingerprint density at radius 3 is 2.52 bits per heavy atom. The number of esters is 1. The second-order valence-electron chi connectivity index (χ2n) is 6.33. The number of ether oxygens (including phenoxy) is 1. The maximum absolute atomic E-state index is 12.5. The second kappa shape index (κ2) is 9.36. The topological polar surface area (TPSA) is 101 Å². The molecule has 0 aliphatic rings. The average Bonchev–Trinajstić information content (AvgIpc) is 2.63. The number of aryl methyl sites for hydroxylation is 1. The molecular formula is C19H23N3O4S. The highest BCUT2D eigenvalue weighted by Crippen LogP contribution is 2.24. The Morgan fingerprint density at radius 2 is 1.93 bits per heavy atom. The number of hydrogen-bond donors (Lipinski definition) is 2. The van der Waals surface area contributed by atoms with E-state index in [4.69, 9.17) is 4.74 Å². The van der Waals surface area contributed by atoms with Crippen LogP contribution in [-0.2, 0) is 9.53 Å². The minimum Gasteiger partial charge on any atom is -0.465 e. The summed E-state index contributed by atoms with van der Waals surface area (Å²) >= 11 is 1.03. The molecule has 0 radical (unpaired) electrons. The van der Waals surface area contributed by atoms with Crippen LogP contribution in [0.3, 0.4) is 0 Å². The van der Waals surface area contributed by atoms with Gasteiger partial charge in [0, 0.05) is 5.69 Å². The molecule has 1 heterocycles. The summed E-state index contributed by atoms with van der Waals surface area (Å²) in [5, 5.41) is 3.18. The molecular weight excluding hydrogens is 366 g/mol. The Morgan fingerprint density at radius 1 is 1.26 bits per heavy atom. The third kappa shape index (κ3) is 5.43. The lowest BCUT2D eigenvalue weighted by molar-refractivity contribution is -0.119. The van der Waals surface area contributed by atoms with Crippen molar-refractivity contribution in [1.29, 1.82) is 0 Å². The van der Waals surface area contributed by atoms with Crippen LogP contribution < -0.4 is 11.0 Å². The van der Waals surface area contributed by atoms with Crippen LogP contribution >= 0.6 is 11.8 Å². The van der Waals surface area contributed by atoms with Crippen molar-refractivity contribution < 1.29 is 14.3 Å². The Balaban J connectivity index is 2.13. The highest BCUT2D eigenvalue weighted by atomic mass is 32.2. The molecule has 1 aromatic heterocycles. The molecule has 0 saturated carbocycles. The summed E-state index contributed by atoms with van der Waals surface area (Å²) in [6.07, 6.45) is 0. The zero-order chi connectivity index (χ0) is 20.0. The van der Waals surface area contributed by atoms with Crippen molar-refractivity contribution in [2.75, 3.05) is 12.9 Å².